The number of rotatable bonds is 4. The Morgan fingerprint density at radius 3 is 2.24 bits per heavy atom. The number of allylic oxidation sites excluding steroid dienone is 2. The van der Waals surface area contributed by atoms with Crippen LogP contribution in [0.2, 0.25) is 0 Å². The number of benzene rings is 2. The first-order chi connectivity index (χ1) is 10.1. The van der Waals surface area contributed by atoms with E-state index in [1.165, 1.54) is 36.4 Å². The van der Waals surface area contributed by atoms with Gasteiger partial charge in [-0.3, -0.25) is 4.79 Å². The highest BCUT2D eigenvalue weighted by molar-refractivity contribution is 6.04. The molecule has 0 amide bonds. The lowest BCUT2D eigenvalue weighted by Gasteiger charge is -1.98. The molecular weight excluding hydrogens is 268 g/mol. The molecule has 106 valence electrons. The highest BCUT2D eigenvalue weighted by atomic mass is 16.3. The van der Waals surface area contributed by atoms with Gasteiger partial charge in [0.25, 0.3) is 0 Å². The van der Waals surface area contributed by atoms with Crippen LogP contribution < -0.4 is 0 Å². The van der Waals surface area contributed by atoms with Crippen LogP contribution in [0.25, 0.3) is 12.2 Å². The molecule has 0 heterocycles. The van der Waals surface area contributed by atoms with E-state index in [9.17, 15) is 20.1 Å². The maximum atomic E-state index is 11.7. The van der Waals surface area contributed by atoms with E-state index < -0.39 is 0 Å². The van der Waals surface area contributed by atoms with Gasteiger partial charge in [0.15, 0.2) is 17.3 Å². The van der Waals surface area contributed by atoms with Gasteiger partial charge in [-0.2, -0.15) is 0 Å². The second-order valence-corrected chi connectivity index (χ2v) is 4.38. The fraction of sp³-hybridized carbons (Fsp3) is 0. The molecule has 0 saturated carbocycles. The fourth-order valence-electron chi connectivity index (χ4n) is 1.68. The standard InChI is InChI=1S/C17H14O4/c18-14(9-7-13-3-1-2-4-15(13)19)8-5-12-6-10-16(20)17(21)11-12/h1-11,19-21H/b8-5+,9-7+. The molecule has 0 aliphatic heterocycles. The Balaban J connectivity index is 2.06. The van der Waals surface area contributed by atoms with Gasteiger partial charge in [-0.05, 0) is 42.0 Å². The molecule has 4 heteroatoms. The van der Waals surface area contributed by atoms with E-state index in [-0.39, 0.29) is 23.0 Å². The first-order valence-electron chi connectivity index (χ1n) is 6.26. The quantitative estimate of drug-likeness (QED) is 0.595. The van der Waals surface area contributed by atoms with E-state index in [0.29, 0.717) is 11.1 Å². The van der Waals surface area contributed by atoms with E-state index in [1.807, 2.05) is 0 Å². The molecule has 0 spiro atoms. The minimum absolute atomic E-state index is 0.106. The first-order valence-corrected chi connectivity index (χ1v) is 6.26. The maximum Gasteiger partial charge on any atom is 0.178 e. The minimum atomic E-state index is -0.259. The van der Waals surface area contributed by atoms with Crippen molar-refractivity contribution in [2.24, 2.45) is 0 Å². The van der Waals surface area contributed by atoms with Crippen LogP contribution >= 0.6 is 0 Å². The number of phenolic OH excluding ortho intramolecular Hbond substituents is 3. The summed E-state index contributed by atoms with van der Waals surface area (Å²) >= 11 is 0. The second kappa shape index (κ2) is 6.43. The van der Waals surface area contributed by atoms with Gasteiger partial charge in [-0.1, -0.05) is 30.3 Å². The molecule has 4 nitrogen and oxygen atoms in total. The molecule has 0 aliphatic carbocycles. The molecule has 0 saturated heterocycles. The van der Waals surface area contributed by atoms with Crippen LogP contribution in [-0.4, -0.2) is 21.1 Å². The van der Waals surface area contributed by atoms with E-state index in [0.717, 1.165) is 0 Å². The minimum Gasteiger partial charge on any atom is -0.507 e. The van der Waals surface area contributed by atoms with Crippen molar-refractivity contribution in [3.05, 3.63) is 65.7 Å². The van der Waals surface area contributed by atoms with Crippen LogP contribution in [0, 0.1) is 0 Å². The Kier molecular flexibility index (Phi) is 4.41. The zero-order valence-electron chi connectivity index (χ0n) is 11.1. The predicted molar refractivity (Wildman–Crippen MR) is 81.0 cm³/mol. The third-order valence-electron chi connectivity index (χ3n) is 2.80. The highest BCUT2D eigenvalue weighted by Crippen LogP contribution is 2.25. The Morgan fingerprint density at radius 2 is 1.52 bits per heavy atom. The van der Waals surface area contributed by atoms with E-state index in [4.69, 9.17) is 0 Å². The van der Waals surface area contributed by atoms with E-state index in [2.05, 4.69) is 0 Å². The van der Waals surface area contributed by atoms with Gasteiger partial charge in [-0.15, -0.1) is 0 Å². The predicted octanol–water partition coefficient (Wildman–Crippen LogP) is 3.10. The number of hydrogen-bond donors (Lipinski definition) is 3. The van der Waals surface area contributed by atoms with Crippen LogP contribution in [0.1, 0.15) is 11.1 Å². The summed E-state index contributed by atoms with van der Waals surface area (Å²) < 4.78 is 0. The van der Waals surface area contributed by atoms with Crippen LogP contribution in [0.5, 0.6) is 17.2 Å². The summed E-state index contributed by atoms with van der Waals surface area (Å²) in [5, 5.41) is 28.1. The van der Waals surface area contributed by atoms with Gasteiger partial charge in [0, 0.05) is 5.56 Å². The van der Waals surface area contributed by atoms with Crippen molar-refractivity contribution in [2.75, 3.05) is 0 Å². The summed E-state index contributed by atoms with van der Waals surface area (Å²) in [5.74, 6) is -0.605. The maximum absolute atomic E-state index is 11.7. The Morgan fingerprint density at radius 1 is 0.810 bits per heavy atom. The van der Waals surface area contributed by atoms with Crippen molar-refractivity contribution in [1.82, 2.24) is 0 Å². The number of phenols is 3. The largest absolute Gasteiger partial charge is 0.507 e. The molecule has 0 radical (unpaired) electrons. The topological polar surface area (TPSA) is 77.8 Å². The third kappa shape index (κ3) is 3.98. The average Bonchev–Trinajstić information content (AvgIpc) is 2.47. The molecule has 0 bridgehead atoms. The third-order valence-corrected chi connectivity index (χ3v) is 2.80. The lowest BCUT2D eigenvalue weighted by atomic mass is 10.1. The Labute approximate surface area is 121 Å². The Hall–Kier alpha value is -3.01. The molecule has 21 heavy (non-hydrogen) atoms. The van der Waals surface area contributed by atoms with Gasteiger partial charge < -0.3 is 15.3 Å². The van der Waals surface area contributed by atoms with Crippen molar-refractivity contribution in [3.8, 4) is 17.2 Å². The van der Waals surface area contributed by atoms with Gasteiger partial charge in [0.2, 0.25) is 0 Å². The number of aromatic hydroxyl groups is 3. The molecule has 0 aliphatic rings. The summed E-state index contributed by atoms with van der Waals surface area (Å²) in [7, 11) is 0. The number of carbonyl (C=O) groups is 1. The summed E-state index contributed by atoms with van der Waals surface area (Å²) in [6.07, 6.45) is 5.72. The molecule has 0 fully saturated rings. The zero-order chi connectivity index (χ0) is 15.2. The van der Waals surface area contributed by atoms with Gasteiger partial charge in [0.1, 0.15) is 5.75 Å². The molecule has 0 aromatic heterocycles. The van der Waals surface area contributed by atoms with Gasteiger partial charge >= 0.3 is 0 Å². The average molecular weight is 282 g/mol. The van der Waals surface area contributed by atoms with Crippen molar-refractivity contribution in [2.45, 2.75) is 0 Å². The first kappa shape index (κ1) is 14.4. The van der Waals surface area contributed by atoms with Crippen LogP contribution in [0.4, 0.5) is 0 Å². The molecule has 2 rings (SSSR count). The number of ketones is 1. The lowest BCUT2D eigenvalue weighted by molar-refractivity contribution is -0.110. The van der Waals surface area contributed by atoms with Crippen molar-refractivity contribution in [3.63, 3.8) is 0 Å². The highest BCUT2D eigenvalue weighted by Gasteiger charge is 1.99. The summed E-state index contributed by atoms with van der Waals surface area (Å²) in [4.78, 5) is 11.7. The smallest absolute Gasteiger partial charge is 0.178 e. The molecule has 0 atom stereocenters. The van der Waals surface area contributed by atoms with Crippen molar-refractivity contribution in [1.29, 1.82) is 0 Å². The summed E-state index contributed by atoms with van der Waals surface area (Å²) in [5.41, 5.74) is 1.15. The van der Waals surface area contributed by atoms with E-state index >= 15 is 0 Å². The zero-order valence-corrected chi connectivity index (χ0v) is 11.1. The number of hydrogen-bond acceptors (Lipinski definition) is 4. The summed E-state index contributed by atoms with van der Waals surface area (Å²) in [6, 6.07) is 11.0. The van der Waals surface area contributed by atoms with Gasteiger partial charge in [0.05, 0.1) is 0 Å². The van der Waals surface area contributed by atoms with Crippen LogP contribution in [0.15, 0.2) is 54.6 Å². The molecule has 2 aromatic rings. The molecule has 3 N–H and O–H groups in total. The molecule has 2 aromatic carbocycles. The fourth-order valence-corrected chi connectivity index (χ4v) is 1.68. The normalized spacial score (nSPS) is 11.2. The van der Waals surface area contributed by atoms with Crippen LogP contribution in [0.3, 0.4) is 0 Å². The lowest BCUT2D eigenvalue weighted by Crippen LogP contribution is -1.85. The summed E-state index contributed by atoms with van der Waals surface area (Å²) in [6.45, 7) is 0. The Bertz CT molecular complexity index is 714. The van der Waals surface area contributed by atoms with Crippen molar-refractivity contribution < 1.29 is 20.1 Å². The van der Waals surface area contributed by atoms with Gasteiger partial charge in [-0.25, -0.2) is 0 Å². The molecular formula is C17H14O4. The van der Waals surface area contributed by atoms with E-state index in [1.54, 1.807) is 30.3 Å². The van der Waals surface area contributed by atoms with Crippen molar-refractivity contribution >= 4 is 17.9 Å². The monoisotopic (exact) mass is 282 g/mol. The van der Waals surface area contributed by atoms with Crippen LogP contribution in [-0.2, 0) is 4.79 Å². The number of para-hydroxylation sites is 1. The SMILES string of the molecule is O=C(/C=C/c1ccc(O)c(O)c1)/C=C/c1ccccc1O. The molecule has 0 unspecified atom stereocenters. The number of carbonyl (C=O) groups excluding carboxylic acids is 1. The second-order valence-electron chi connectivity index (χ2n) is 4.38.